The van der Waals surface area contributed by atoms with E-state index in [4.69, 9.17) is 5.11 Å². The number of allylic oxidation sites excluding steroid dienone is 2. The van der Waals surface area contributed by atoms with E-state index < -0.39 is 0 Å². The van der Waals surface area contributed by atoms with E-state index in [-0.39, 0.29) is 6.61 Å². The Kier molecular flexibility index (Phi) is 11.5. The lowest BCUT2D eigenvalue weighted by Crippen LogP contribution is -1.84. The zero-order chi connectivity index (χ0) is 20.8. The fourth-order valence-corrected chi connectivity index (χ4v) is 2.68. The minimum Gasteiger partial charge on any atom is -0.396 e. The first kappa shape index (κ1) is 23.6. The van der Waals surface area contributed by atoms with Crippen molar-refractivity contribution >= 4 is 18.4 Å². The summed E-state index contributed by atoms with van der Waals surface area (Å²) in [5.74, 6) is 0. The number of carbonyl (C=O) groups excluding carboxylic acids is 1. The largest absolute Gasteiger partial charge is 0.396 e. The zero-order valence-electron chi connectivity index (χ0n) is 17.7. The van der Waals surface area contributed by atoms with Crippen molar-refractivity contribution in [3.63, 3.8) is 0 Å². The second-order valence-electron chi connectivity index (χ2n) is 7.34. The Balaban J connectivity index is 0.000000280. The fourth-order valence-electron chi connectivity index (χ4n) is 2.68. The van der Waals surface area contributed by atoms with Crippen molar-refractivity contribution in [2.45, 2.75) is 53.4 Å². The molecule has 0 aliphatic rings. The van der Waals surface area contributed by atoms with E-state index >= 15 is 0 Å². The third kappa shape index (κ3) is 10.6. The van der Waals surface area contributed by atoms with Gasteiger partial charge in [-0.3, -0.25) is 0 Å². The van der Waals surface area contributed by atoms with E-state index in [2.05, 4.69) is 88.4 Å². The van der Waals surface area contributed by atoms with Crippen molar-refractivity contribution in [3.05, 3.63) is 81.9 Å². The zero-order valence-corrected chi connectivity index (χ0v) is 17.7. The number of aliphatic hydroxyl groups is 1. The van der Waals surface area contributed by atoms with E-state index in [0.717, 1.165) is 25.5 Å². The van der Waals surface area contributed by atoms with Gasteiger partial charge in [-0.25, -0.2) is 0 Å². The molecule has 2 heteroatoms. The molecule has 0 heterocycles. The van der Waals surface area contributed by atoms with Gasteiger partial charge < -0.3 is 9.90 Å². The molecule has 2 rings (SSSR count). The monoisotopic (exact) mass is 378 g/mol. The molecule has 28 heavy (non-hydrogen) atoms. The van der Waals surface area contributed by atoms with E-state index in [1.807, 2.05) is 0 Å². The maximum Gasteiger partial charge on any atom is 0.120 e. The molecule has 150 valence electrons. The van der Waals surface area contributed by atoms with Crippen LogP contribution in [0.15, 0.2) is 59.7 Å². The van der Waals surface area contributed by atoms with Gasteiger partial charge in [0.2, 0.25) is 0 Å². The number of benzene rings is 2. The second kappa shape index (κ2) is 13.7. The van der Waals surface area contributed by atoms with Crippen LogP contribution in [0.1, 0.15) is 61.8 Å². The van der Waals surface area contributed by atoms with Crippen LogP contribution in [0.5, 0.6) is 0 Å². The predicted octanol–water partition coefficient (Wildman–Crippen LogP) is 6.55. The molecule has 0 radical (unpaired) electrons. The Bertz CT molecular complexity index is 750. The van der Waals surface area contributed by atoms with Gasteiger partial charge in [0.25, 0.3) is 0 Å². The van der Waals surface area contributed by atoms with Gasteiger partial charge in [-0.2, -0.15) is 0 Å². The number of rotatable bonds is 8. The van der Waals surface area contributed by atoms with Crippen molar-refractivity contribution in [2.75, 3.05) is 6.61 Å². The molecule has 1 N–H and O–H groups in total. The lowest BCUT2D eigenvalue weighted by molar-refractivity contribution is -0.107. The molecule has 0 saturated heterocycles. The summed E-state index contributed by atoms with van der Waals surface area (Å²) in [6, 6.07) is 16.9. The quantitative estimate of drug-likeness (QED) is 0.529. The highest BCUT2D eigenvalue weighted by molar-refractivity contribution is 5.55. The Morgan fingerprint density at radius 3 is 1.61 bits per heavy atom. The molecule has 0 unspecified atom stereocenters. The van der Waals surface area contributed by atoms with Crippen LogP contribution < -0.4 is 0 Å². The van der Waals surface area contributed by atoms with Crippen molar-refractivity contribution in [1.29, 1.82) is 0 Å². The smallest absolute Gasteiger partial charge is 0.120 e. The van der Waals surface area contributed by atoms with Gasteiger partial charge in [-0.05, 0) is 58.1 Å². The summed E-state index contributed by atoms with van der Waals surface area (Å²) >= 11 is 0. The molecular formula is C26H34O2. The highest BCUT2D eigenvalue weighted by Crippen LogP contribution is 2.12. The number of aliphatic hydroxyl groups excluding tert-OH is 1. The summed E-state index contributed by atoms with van der Waals surface area (Å²) in [5, 5.41) is 8.69. The summed E-state index contributed by atoms with van der Waals surface area (Å²) < 4.78 is 0. The SMILES string of the molecule is C/C(=C\c1ccc(C)cc1)CCC=O.C/C(=C\c1ccc(C)cc1)CCCO. The van der Waals surface area contributed by atoms with Crippen LogP contribution in [0.4, 0.5) is 0 Å². The van der Waals surface area contributed by atoms with E-state index in [1.165, 1.54) is 33.4 Å². The first-order chi connectivity index (χ1) is 13.4. The summed E-state index contributed by atoms with van der Waals surface area (Å²) in [6.07, 6.45) is 8.58. The summed E-state index contributed by atoms with van der Waals surface area (Å²) in [6.45, 7) is 8.61. The average Bonchev–Trinajstić information content (AvgIpc) is 2.69. The third-order valence-corrected chi connectivity index (χ3v) is 4.37. The number of aryl methyl sites for hydroxylation is 2. The molecule has 0 aliphatic carbocycles. The number of hydrogen-bond donors (Lipinski definition) is 1. The predicted molar refractivity (Wildman–Crippen MR) is 121 cm³/mol. The molecule has 0 amide bonds. The van der Waals surface area contributed by atoms with Gasteiger partial charge in [-0.1, -0.05) is 83.0 Å². The average molecular weight is 379 g/mol. The Hall–Kier alpha value is -2.45. The summed E-state index contributed by atoms with van der Waals surface area (Å²) in [4.78, 5) is 10.2. The normalized spacial score (nSPS) is 11.6. The molecule has 0 fully saturated rings. The standard InChI is InChI=1S/C13H18O.C13H16O/c2*1-11-5-7-13(8-6-11)10-12(2)4-3-9-14/h5-8,10,14H,3-4,9H2,1-2H3;5-10H,3-4H2,1-2H3/b2*12-10+. The second-order valence-corrected chi connectivity index (χ2v) is 7.34. The van der Waals surface area contributed by atoms with E-state index in [0.29, 0.717) is 6.42 Å². The third-order valence-electron chi connectivity index (χ3n) is 4.37. The van der Waals surface area contributed by atoms with E-state index in [9.17, 15) is 4.79 Å². The Morgan fingerprint density at radius 1 is 0.786 bits per heavy atom. The van der Waals surface area contributed by atoms with Crippen LogP contribution >= 0.6 is 0 Å². The maximum atomic E-state index is 10.2. The van der Waals surface area contributed by atoms with Gasteiger partial charge >= 0.3 is 0 Å². The number of aldehydes is 1. The molecule has 0 saturated carbocycles. The van der Waals surface area contributed by atoms with Gasteiger partial charge in [-0.15, -0.1) is 0 Å². The van der Waals surface area contributed by atoms with Crippen molar-refractivity contribution in [1.82, 2.24) is 0 Å². The lowest BCUT2D eigenvalue weighted by atomic mass is 10.1. The number of hydrogen-bond acceptors (Lipinski definition) is 2. The minimum absolute atomic E-state index is 0.277. The molecule has 0 aromatic heterocycles. The first-order valence-corrected chi connectivity index (χ1v) is 9.96. The number of carbonyl (C=O) groups is 1. The highest BCUT2D eigenvalue weighted by atomic mass is 16.2. The molecule has 0 bridgehead atoms. The maximum absolute atomic E-state index is 10.2. The van der Waals surface area contributed by atoms with Crippen LogP contribution in [0.2, 0.25) is 0 Å². The van der Waals surface area contributed by atoms with Crippen LogP contribution in [0, 0.1) is 13.8 Å². The highest BCUT2D eigenvalue weighted by Gasteiger charge is 1.93. The summed E-state index contributed by atoms with van der Waals surface area (Å²) in [7, 11) is 0. The Morgan fingerprint density at radius 2 is 1.21 bits per heavy atom. The minimum atomic E-state index is 0.277. The molecule has 2 aromatic rings. The van der Waals surface area contributed by atoms with Crippen LogP contribution in [-0.2, 0) is 4.79 Å². The molecule has 0 aliphatic heterocycles. The van der Waals surface area contributed by atoms with Gasteiger partial charge in [0.15, 0.2) is 0 Å². The van der Waals surface area contributed by atoms with Crippen molar-refractivity contribution in [2.24, 2.45) is 0 Å². The van der Waals surface area contributed by atoms with Gasteiger partial charge in [0.05, 0.1) is 0 Å². The Labute approximate surface area is 170 Å². The fraction of sp³-hybridized carbons (Fsp3) is 0.346. The van der Waals surface area contributed by atoms with Crippen LogP contribution in [0.3, 0.4) is 0 Å². The van der Waals surface area contributed by atoms with Crippen molar-refractivity contribution in [3.8, 4) is 0 Å². The first-order valence-electron chi connectivity index (χ1n) is 9.96. The van der Waals surface area contributed by atoms with Crippen LogP contribution in [-0.4, -0.2) is 18.0 Å². The topological polar surface area (TPSA) is 37.3 Å². The molecule has 2 aromatic carbocycles. The van der Waals surface area contributed by atoms with Crippen LogP contribution in [0.25, 0.3) is 12.2 Å². The molecule has 2 nitrogen and oxygen atoms in total. The van der Waals surface area contributed by atoms with E-state index in [1.54, 1.807) is 0 Å². The molecule has 0 atom stereocenters. The summed E-state index contributed by atoms with van der Waals surface area (Å²) in [5.41, 5.74) is 7.58. The van der Waals surface area contributed by atoms with Gasteiger partial charge in [0, 0.05) is 13.0 Å². The van der Waals surface area contributed by atoms with Crippen molar-refractivity contribution < 1.29 is 9.90 Å². The lowest BCUT2D eigenvalue weighted by Gasteiger charge is -2.00. The molecule has 0 spiro atoms. The van der Waals surface area contributed by atoms with Gasteiger partial charge in [0.1, 0.15) is 6.29 Å². The molecular weight excluding hydrogens is 344 g/mol.